The Bertz CT molecular complexity index is 798. The molecule has 7 heteroatoms. The van der Waals surface area contributed by atoms with Crippen molar-refractivity contribution in [2.75, 3.05) is 25.4 Å². The number of benzene rings is 1. The van der Waals surface area contributed by atoms with Crippen molar-refractivity contribution >= 4 is 21.8 Å². The predicted octanol–water partition coefficient (Wildman–Crippen LogP) is 10.1. The van der Waals surface area contributed by atoms with Crippen LogP contribution >= 0.6 is 0 Å². The monoisotopic (exact) mass is 585 g/mol. The molecule has 1 aromatic rings. The first kappa shape index (κ1) is 38.9. The molecule has 0 aliphatic heterocycles. The predicted molar refractivity (Wildman–Crippen MR) is 176 cm³/mol. The second-order valence-electron chi connectivity index (χ2n) is 11.8. The second-order valence-corrected chi connectivity index (χ2v) is 12.7. The Morgan fingerprint density at radius 2 is 0.950 bits per heavy atom. The van der Waals surface area contributed by atoms with Gasteiger partial charge < -0.3 is 5.73 Å². The molecule has 0 heterocycles. The van der Waals surface area contributed by atoms with Gasteiger partial charge in [-0.3, -0.25) is 13.6 Å². The fourth-order valence-corrected chi connectivity index (χ4v) is 5.63. The molecular weight excluding hydrogens is 520 g/mol. The Morgan fingerprint density at radius 1 is 0.625 bits per heavy atom. The van der Waals surface area contributed by atoms with E-state index < -0.39 is 10.4 Å². The molecule has 0 bridgehead atoms. The molecule has 0 saturated carbocycles. The zero-order valence-corrected chi connectivity index (χ0v) is 27.5. The van der Waals surface area contributed by atoms with E-state index in [-0.39, 0.29) is 0 Å². The normalized spacial score (nSPS) is 11.8. The number of rotatable bonds is 24. The molecular formula is C33H65N2O4S+. The summed E-state index contributed by atoms with van der Waals surface area (Å²) in [5.41, 5.74) is 9.84. The van der Waals surface area contributed by atoms with Gasteiger partial charge in [-0.2, -0.15) is 8.42 Å². The highest BCUT2D eigenvalue weighted by Gasteiger charge is 2.28. The molecule has 0 aromatic heterocycles. The van der Waals surface area contributed by atoms with E-state index in [1.165, 1.54) is 159 Å². The lowest BCUT2D eigenvalue weighted by Gasteiger charge is -2.38. The van der Waals surface area contributed by atoms with Gasteiger partial charge in [-0.1, -0.05) is 117 Å². The van der Waals surface area contributed by atoms with Crippen LogP contribution in [-0.4, -0.2) is 37.2 Å². The summed E-state index contributed by atoms with van der Waals surface area (Å²) in [4.78, 5) is 0. The van der Waals surface area contributed by atoms with E-state index in [1.54, 1.807) is 0 Å². The van der Waals surface area contributed by atoms with Gasteiger partial charge in [-0.05, 0) is 51.2 Å². The first-order valence-corrected chi connectivity index (χ1v) is 17.9. The molecule has 0 amide bonds. The molecule has 0 fully saturated rings. The number of hydrogen-bond donors (Lipinski definition) is 3. The molecule has 6 nitrogen and oxygen atoms in total. The SMILES string of the molecule is CCCCCCCCCCCC[N+](CC)(CCCCCCCCCCCC)c1ccc(N)c(C)c1.O=S(=O)(O)O. The highest BCUT2D eigenvalue weighted by Crippen LogP contribution is 2.29. The highest BCUT2D eigenvalue weighted by atomic mass is 32.3. The maximum atomic E-state index is 8.74. The average Bonchev–Trinajstić information content (AvgIpc) is 2.90. The molecule has 1 aromatic carbocycles. The van der Waals surface area contributed by atoms with Crippen molar-refractivity contribution in [3.63, 3.8) is 0 Å². The van der Waals surface area contributed by atoms with Crippen molar-refractivity contribution in [1.29, 1.82) is 0 Å². The summed E-state index contributed by atoms with van der Waals surface area (Å²) in [7, 11) is -4.67. The lowest BCUT2D eigenvalue weighted by atomic mass is 10.0. The van der Waals surface area contributed by atoms with Crippen molar-refractivity contribution < 1.29 is 17.5 Å². The van der Waals surface area contributed by atoms with E-state index >= 15 is 0 Å². The fraction of sp³-hybridized carbons (Fsp3) is 0.818. The third kappa shape index (κ3) is 21.6. The average molecular weight is 586 g/mol. The summed E-state index contributed by atoms with van der Waals surface area (Å²) in [5.74, 6) is 0. The van der Waals surface area contributed by atoms with Crippen molar-refractivity contribution in [3.05, 3.63) is 23.8 Å². The number of unbranched alkanes of at least 4 members (excludes halogenated alkanes) is 18. The molecule has 4 N–H and O–H groups in total. The van der Waals surface area contributed by atoms with Crippen LogP contribution in [0.4, 0.5) is 11.4 Å². The lowest BCUT2D eigenvalue weighted by molar-refractivity contribution is 0.271. The molecule has 0 spiro atoms. The molecule has 0 radical (unpaired) electrons. The van der Waals surface area contributed by atoms with Gasteiger partial charge in [0.05, 0.1) is 19.6 Å². The number of anilines is 1. The number of nitrogen functional groups attached to an aromatic ring is 1. The summed E-state index contributed by atoms with van der Waals surface area (Å²) >= 11 is 0. The standard InChI is InChI=1S/C33H63N2.H2O4S/c1-5-8-10-12-14-16-18-20-22-24-28-35(7-3,32-26-27-33(34)31(4)30-32)29-25-23-21-19-17-15-13-11-9-6-2;1-5(2,3)4/h26-27,30H,5-25,28-29,34H2,1-4H3;(H2,1,2,3,4)/q+1;. The van der Waals surface area contributed by atoms with Crippen LogP contribution in [0, 0.1) is 6.92 Å². The molecule has 0 saturated heterocycles. The third-order valence-electron chi connectivity index (χ3n) is 8.29. The zero-order valence-electron chi connectivity index (χ0n) is 26.6. The molecule has 40 heavy (non-hydrogen) atoms. The van der Waals surface area contributed by atoms with Crippen LogP contribution in [0.1, 0.15) is 155 Å². The first-order chi connectivity index (χ1) is 19.1. The third-order valence-corrected chi connectivity index (χ3v) is 8.29. The molecule has 0 atom stereocenters. The van der Waals surface area contributed by atoms with Crippen molar-refractivity contribution in [1.82, 2.24) is 4.48 Å². The largest absolute Gasteiger partial charge is 0.399 e. The Morgan fingerprint density at radius 3 is 1.25 bits per heavy atom. The van der Waals surface area contributed by atoms with Crippen LogP contribution in [0.5, 0.6) is 0 Å². The molecule has 0 aliphatic rings. The van der Waals surface area contributed by atoms with Crippen LogP contribution in [0.3, 0.4) is 0 Å². The van der Waals surface area contributed by atoms with Gasteiger partial charge in [0.2, 0.25) is 0 Å². The topological polar surface area (TPSA) is 101 Å². The van der Waals surface area contributed by atoms with E-state index in [4.69, 9.17) is 23.3 Å². The Kier molecular flexibility index (Phi) is 23.7. The maximum absolute atomic E-state index is 8.74. The lowest BCUT2D eigenvalue weighted by Crippen LogP contribution is -2.50. The van der Waals surface area contributed by atoms with E-state index in [9.17, 15) is 0 Å². The molecule has 1 rings (SSSR count). The first-order valence-electron chi connectivity index (χ1n) is 16.5. The minimum absolute atomic E-state index is 0.931. The van der Waals surface area contributed by atoms with E-state index in [1.807, 2.05) is 0 Å². The quantitative estimate of drug-likeness (QED) is 0.0485. The van der Waals surface area contributed by atoms with E-state index in [2.05, 4.69) is 45.9 Å². The maximum Gasteiger partial charge on any atom is 0.394 e. The summed E-state index contributed by atoms with van der Waals surface area (Å²) < 4.78 is 32.7. The number of aryl methyl sites for hydroxylation is 1. The number of hydrogen-bond acceptors (Lipinski definition) is 3. The fourth-order valence-electron chi connectivity index (χ4n) is 5.63. The zero-order chi connectivity index (χ0) is 30.1. The van der Waals surface area contributed by atoms with E-state index in [0.29, 0.717) is 0 Å². The van der Waals surface area contributed by atoms with Gasteiger partial charge in [0.25, 0.3) is 0 Å². The number of nitrogens with zero attached hydrogens (tertiary/aromatic N) is 1. The summed E-state index contributed by atoms with van der Waals surface area (Å²) in [5, 5.41) is 0. The van der Waals surface area contributed by atoms with Crippen LogP contribution in [0.15, 0.2) is 18.2 Å². The van der Waals surface area contributed by atoms with Gasteiger partial charge in [-0.15, -0.1) is 0 Å². The Hall–Kier alpha value is -1.15. The summed E-state index contributed by atoms with van der Waals surface area (Å²) in [6, 6.07) is 6.84. The van der Waals surface area contributed by atoms with Crippen molar-refractivity contribution in [2.24, 2.45) is 0 Å². The summed E-state index contributed by atoms with van der Waals surface area (Å²) in [6.07, 6.45) is 28.2. The van der Waals surface area contributed by atoms with Gasteiger partial charge in [0.15, 0.2) is 0 Å². The Balaban J connectivity index is 0.00000277. The van der Waals surface area contributed by atoms with Crippen molar-refractivity contribution in [2.45, 2.75) is 156 Å². The number of nitrogens with two attached hydrogens (primary N) is 1. The second kappa shape index (κ2) is 24.4. The van der Waals surface area contributed by atoms with Gasteiger partial charge in [0, 0.05) is 17.8 Å². The van der Waals surface area contributed by atoms with Crippen LogP contribution in [-0.2, 0) is 10.4 Å². The van der Waals surface area contributed by atoms with Crippen LogP contribution in [0.2, 0.25) is 0 Å². The molecule has 0 unspecified atom stereocenters. The summed E-state index contributed by atoms with van der Waals surface area (Å²) in [6.45, 7) is 12.9. The van der Waals surface area contributed by atoms with Crippen LogP contribution < -0.4 is 10.2 Å². The van der Waals surface area contributed by atoms with Crippen molar-refractivity contribution in [3.8, 4) is 0 Å². The number of quaternary nitrogens is 1. The smallest absolute Gasteiger partial charge is 0.394 e. The Labute approximate surface area is 248 Å². The minimum Gasteiger partial charge on any atom is -0.399 e. The van der Waals surface area contributed by atoms with Gasteiger partial charge in [0.1, 0.15) is 5.69 Å². The van der Waals surface area contributed by atoms with Gasteiger partial charge >= 0.3 is 10.4 Å². The van der Waals surface area contributed by atoms with Crippen LogP contribution in [0.25, 0.3) is 0 Å². The van der Waals surface area contributed by atoms with E-state index in [0.717, 1.165) is 10.2 Å². The van der Waals surface area contributed by atoms with Gasteiger partial charge in [-0.25, -0.2) is 0 Å². The minimum atomic E-state index is -4.67. The molecule has 0 aliphatic carbocycles. The molecule has 236 valence electrons. The highest BCUT2D eigenvalue weighted by molar-refractivity contribution is 7.79.